The molecule has 0 atom stereocenters. The molecule has 0 spiro atoms. The number of phenolic OH excluding ortho intramolecular Hbond substituents is 1. The minimum Gasteiger partial charge on any atom is -0.504 e. The second-order valence-corrected chi connectivity index (χ2v) is 4.46. The molecule has 96 valence electrons. The van der Waals surface area contributed by atoms with Crippen molar-refractivity contribution in [3.63, 3.8) is 0 Å². The van der Waals surface area contributed by atoms with Crippen molar-refractivity contribution < 1.29 is 9.84 Å². The van der Waals surface area contributed by atoms with Crippen molar-refractivity contribution in [2.75, 3.05) is 7.11 Å². The molecule has 4 nitrogen and oxygen atoms in total. The van der Waals surface area contributed by atoms with Crippen LogP contribution in [0.15, 0.2) is 36.4 Å². The molecule has 5 heteroatoms. The Kier molecular flexibility index (Phi) is 2.80. The zero-order chi connectivity index (χ0) is 13.4. The molecule has 0 saturated carbocycles. The quantitative estimate of drug-likeness (QED) is 0.751. The van der Waals surface area contributed by atoms with Gasteiger partial charge in [-0.3, -0.25) is 0 Å². The Morgan fingerprint density at radius 1 is 1.21 bits per heavy atom. The number of hydrogen-bond acceptors (Lipinski definition) is 3. The van der Waals surface area contributed by atoms with Gasteiger partial charge in [-0.15, -0.1) is 0 Å². The minimum absolute atomic E-state index is 0.00682. The third-order valence-electron chi connectivity index (χ3n) is 2.92. The fourth-order valence-electron chi connectivity index (χ4n) is 2.00. The van der Waals surface area contributed by atoms with E-state index in [1.165, 1.54) is 13.2 Å². The lowest BCUT2D eigenvalue weighted by atomic mass is 10.2. The minimum atomic E-state index is 0.00682. The Morgan fingerprint density at radius 3 is 2.74 bits per heavy atom. The largest absolute Gasteiger partial charge is 0.504 e. The van der Waals surface area contributed by atoms with Gasteiger partial charge in [0.25, 0.3) is 0 Å². The second kappa shape index (κ2) is 4.48. The molecular weight excluding hydrogens is 264 g/mol. The Labute approximate surface area is 114 Å². The molecule has 0 amide bonds. The van der Waals surface area contributed by atoms with Crippen LogP contribution < -0.4 is 4.74 Å². The van der Waals surface area contributed by atoms with E-state index in [2.05, 4.69) is 9.97 Å². The highest BCUT2D eigenvalue weighted by Gasteiger charge is 2.15. The number of halogens is 1. The van der Waals surface area contributed by atoms with Gasteiger partial charge < -0.3 is 14.8 Å². The molecule has 19 heavy (non-hydrogen) atoms. The molecule has 3 rings (SSSR count). The molecule has 1 aromatic heterocycles. The Hall–Kier alpha value is -2.20. The molecule has 0 aliphatic rings. The van der Waals surface area contributed by atoms with Crippen molar-refractivity contribution in [2.45, 2.75) is 0 Å². The number of aromatic hydroxyl groups is 1. The summed E-state index contributed by atoms with van der Waals surface area (Å²) in [4.78, 5) is 7.66. The number of H-pyrrole nitrogens is 1. The van der Waals surface area contributed by atoms with E-state index in [1.54, 1.807) is 6.07 Å². The lowest BCUT2D eigenvalue weighted by molar-refractivity contribution is 0.374. The average molecular weight is 275 g/mol. The van der Waals surface area contributed by atoms with Crippen LogP contribution in [0, 0.1) is 0 Å². The smallest absolute Gasteiger partial charge is 0.179 e. The summed E-state index contributed by atoms with van der Waals surface area (Å²) < 4.78 is 5.09. The van der Waals surface area contributed by atoms with Crippen molar-refractivity contribution in [1.82, 2.24) is 9.97 Å². The van der Waals surface area contributed by atoms with E-state index in [-0.39, 0.29) is 11.5 Å². The van der Waals surface area contributed by atoms with Crippen LogP contribution in [-0.4, -0.2) is 22.2 Å². The number of methoxy groups -OCH3 is 1. The molecule has 1 heterocycles. The van der Waals surface area contributed by atoms with Gasteiger partial charge in [-0.05, 0) is 24.3 Å². The maximum Gasteiger partial charge on any atom is 0.179 e. The Morgan fingerprint density at radius 2 is 2.00 bits per heavy atom. The van der Waals surface area contributed by atoms with Crippen molar-refractivity contribution in [1.29, 1.82) is 0 Å². The zero-order valence-corrected chi connectivity index (χ0v) is 10.9. The highest BCUT2D eigenvalue weighted by molar-refractivity contribution is 6.35. The molecular formula is C14H11ClN2O2. The summed E-state index contributed by atoms with van der Waals surface area (Å²) in [6.45, 7) is 0. The first kappa shape index (κ1) is 11.9. The van der Waals surface area contributed by atoms with Crippen LogP contribution in [0.25, 0.3) is 22.4 Å². The summed E-state index contributed by atoms with van der Waals surface area (Å²) in [7, 11) is 1.46. The lowest BCUT2D eigenvalue weighted by Crippen LogP contribution is -1.89. The highest BCUT2D eigenvalue weighted by Crippen LogP contribution is 2.40. The number of rotatable bonds is 2. The number of aromatic nitrogens is 2. The number of aromatic amines is 1. The Bertz CT molecular complexity index is 719. The van der Waals surface area contributed by atoms with Gasteiger partial charge in [0, 0.05) is 5.56 Å². The molecule has 0 unspecified atom stereocenters. The van der Waals surface area contributed by atoms with E-state index in [4.69, 9.17) is 16.3 Å². The van der Waals surface area contributed by atoms with Crippen LogP contribution in [0.2, 0.25) is 5.02 Å². The number of hydrogen-bond donors (Lipinski definition) is 2. The first-order chi connectivity index (χ1) is 9.20. The fraction of sp³-hybridized carbons (Fsp3) is 0.0714. The van der Waals surface area contributed by atoms with E-state index >= 15 is 0 Å². The van der Waals surface area contributed by atoms with Crippen molar-refractivity contribution in [3.05, 3.63) is 41.4 Å². The van der Waals surface area contributed by atoms with Gasteiger partial charge in [-0.1, -0.05) is 23.7 Å². The van der Waals surface area contributed by atoms with E-state index in [9.17, 15) is 5.11 Å². The summed E-state index contributed by atoms with van der Waals surface area (Å²) in [6.07, 6.45) is 0. The van der Waals surface area contributed by atoms with Crippen molar-refractivity contribution >= 4 is 22.6 Å². The normalized spacial score (nSPS) is 10.8. The molecule has 0 radical (unpaired) electrons. The zero-order valence-electron chi connectivity index (χ0n) is 10.1. The molecule has 0 fully saturated rings. The molecule has 3 aromatic rings. The standard InChI is InChI=1S/C14H11ClN2O2/c1-19-13-11(18)7-6-8(12(13)15)14-16-9-4-2-3-5-10(9)17-14/h2-7,18H,1H3,(H,16,17). The number of nitrogens with one attached hydrogen (secondary N) is 1. The van der Waals surface area contributed by atoms with Gasteiger partial charge in [-0.2, -0.15) is 0 Å². The second-order valence-electron chi connectivity index (χ2n) is 4.08. The Balaban J connectivity index is 2.21. The molecule has 0 aliphatic carbocycles. The van der Waals surface area contributed by atoms with Gasteiger partial charge in [0.1, 0.15) is 5.82 Å². The van der Waals surface area contributed by atoms with Crippen molar-refractivity contribution in [2.24, 2.45) is 0 Å². The number of fused-ring (bicyclic) bond motifs is 1. The fourth-order valence-corrected chi connectivity index (χ4v) is 2.33. The number of imidazole rings is 1. The summed E-state index contributed by atoms with van der Waals surface area (Å²) in [5.74, 6) is 0.900. The van der Waals surface area contributed by atoms with E-state index in [1.807, 2.05) is 24.3 Å². The number of ether oxygens (including phenoxy) is 1. The molecule has 2 N–H and O–H groups in total. The van der Waals surface area contributed by atoms with E-state index in [0.29, 0.717) is 16.4 Å². The predicted molar refractivity (Wildman–Crippen MR) is 74.8 cm³/mol. The third-order valence-corrected chi connectivity index (χ3v) is 3.30. The van der Waals surface area contributed by atoms with Gasteiger partial charge in [-0.25, -0.2) is 4.98 Å². The SMILES string of the molecule is COc1c(O)ccc(-c2nc3ccccc3[nH]2)c1Cl. The van der Waals surface area contributed by atoms with E-state index < -0.39 is 0 Å². The van der Waals surface area contributed by atoms with Gasteiger partial charge in [0.15, 0.2) is 11.5 Å². The van der Waals surface area contributed by atoms with Crippen LogP contribution in [0.3, 0.4) is 0 Å². The first-order valence-electron chi connectivity index (χ1n) is 5.71. The number of benzene rings is 2. The lowest BCUT2D eigenvalue weighted by Gasteiger charge is -2.08. The average Bonchev–Trinajstić information content (AvgIpc) is 2.82. The first-order valence-corrected chi connectivity index (χ1v) is 6.09. The third kappa shape index (κ3) is 1.90. The van der Waals surface area contributed by atoms with Crippen LogP contribution >= 0.6 is 11.6 Å². The van der Waals surface area contributed by atoms with Crippen LogP contribution in [0.4, 0.5) is 0 Å². The van der Waals surface area contributed by atoms with Gasteiger partial charge in [0.05, 0.1) is 23.2 Å². The highest BCUT2D eigenvalue weighted by atomic mass is 35.5. The van der Waals surface area contributed by atoms with Gasteiger partial charge in [0.2, 0.25) is 0 Å². The number of nitrogens with zero attached hydrogens (tertiary/aromatic N) is 1. The van der Waals surface area contributed by atoms with Gasteiger partial charge >= 0.3 is 0 Å². The summed E-state index contributed by atoms with van der Waals surface area (Å²) >= 11 is 6.23. The molecule has 0 saturated heterocycles. The molecule has 0 aliphatic heterocycles. The van der Waals surface area contributed by atoms with Crippen molar-refractivity contribution in [3.8, 4) is 22.9 Å². The number of para-hydroxylation sites is 2. The van der Waals surface area contributed by atoms with Crippen LogP contribution in [0.5, 0.6) is 11.5 Å². The summed E-state index contributed by atoms with van der Waals surface area (Å²) in [5.41, 5.74) is 2.48. The maximum atomic E-state index is 9.66. The topological polar surface area (TPSA) is 58.1 Å². The monoisotopic (exact) mass is 274 g/mol. The number of phenols is 1. The summed E-state index contributed by atoms with van der Waals surface area (Å²) in [6, 6.07) is 11.0. The molecule has 0 bridgehead atoms. The van der Waals surface area contributed by atoms with Crippen LogP contribution in [0.1, 0.15) is 0 Å². The van der Waals surface area contributed by atoms with Crippen LogP contribution in [-0.2, 0) is 0 Å². The molecule has 2 aromatic carbocycles. The maximum absolute atomic E-state index is 9.66. The van der Waals surface area contributed by atoms with E-state index in [0.717, 1.165) is 11.0 Å². The summed E-state index contributed by atoms with van der Waals surface area (Å²) in [5, 5.41) is 10.00. The predicted octanol–water partition coefficient (Wildman–Crippen LogP) is 3.60.